The lowest BCUT2D eigenvalue weighted by Crippen LogP contribution is -2.08. The number of nitro groups is 1. The Morgan fingerprint density at radius 1 is 1.32 bits per heavy atom. The summed E-state index contributed by atoms with van der Waals surface area (Å²) in [6.07, 6.45) is 8.36. The van der Waals surface area contributed by atoms with Crippen LogP contribution in [0.4, 0.5) is 11.5 Å². The molecule has 0 spiro atoms. The van der Waals surface area contributed by atoms with Crippen molar-refractivity contribution in [2.24, 2.45) is 0 Å². The molecule has 19 heavy (non-hydrogen) atoms. The van der Waals surface area contributed by atoms with Gasteiger partial charge in [-0.15, -0.1) is 0 Å². The minimum atomic E-state index is -0.422. The Labute approximate surface area is 115 Å². The van der Waals surface area contributed by atoms with E-state index in [4.69, 9.17) is 0 Å². The van der Waals surface area contributed by atoms with Crippen molar-refractivity contribution < 1.29 is 4.92 Å². The molecule has 0 bridgehead atoms. The van der Waals surface area contributed by atoms with Gasteiger partial charge >= 0.3 is 5.69 Å². The van der Waals surface area contributed by atoms with E-state index in [0.29, 0.717) is 22.3 Å². The highest BCUT2D eigenvalue weighted by Gasteiger charge is 2.27. The first-order chi connectivity index (χ1) is 9.22. The quantitative estimate of drug-likeness (QED) is 0.507. The summed E-state index contributed by atoms with van der Waals surface area (Å²) in [7, 11) is 0. The van der Waals surface area contributed by atoms with Gasteiger partial charge in [-0.1, -0.05) is 24.6 Å². The van der Waals surface area contributed by atoms with Crippen molar-refractivity contribution in [2.45, 2.75) is 55.0 Å². The number of aromatic nitrogens is 2. The molecule has 2 saturated carbocycles. The molecule has 0 radical (unpaired) electrons. The van der Waals surface area contributed by atoms with Crippen LogP contribution in [0.1, 0.15) is 38.5 Å². The van der Waals surface area contributed by atoms with Crippen LogP contribution in [0.25, 0.3) is 0 Å². The third-order valence-corrected chi connectivity index (χ3v) is 4.65. The molecule has 2 aliphatic carbocycles. The monoisotopic (exact) mass is 280 g/mol. The zero-order valence-electron chi connectivity index (χ0n) is 10.5. The smallest absolute Gasteiger partial charge is 0.329 e. The van der Waals surface area contributed by atoms with Crippen LogP contribution in [0.5, 0.6) is 0 Å². The van der Waals surface area contributed by atoms with Crippen LogP contribution < -0.4 is 5.32 Å². The standard InChI is InChI=1S/C12H16N4O2S/c17-16(18)10-7-13-12(19-9-3-1-2-4-9)15-11(10)14-8-5-6-8/h7-9H,1-6H2,(H,13,14,15). The molecule has 0 amide bonds. The van der Waals surface area contributed by atoms with Crippen molar-refractivity contribution in [2.75, 3.05) is 5.32 Å². The van der Waals surface area contributed by atoms with Crippen LogP contribution >= 0.6 is 11.8 Å². The van der Waals surface area contributed by atoms with Crippen molar-refractivity contribution >= 4 is 23.3 Å². The molecular weight excluding hydrogens is 264 g/mol. The van der Waals surface area contributed by atoms with Crippen LogP contribution in [0, 0.1) is 10.1 Å². The minimum absolute atomic E-state index is 0.0253. The normalized spacial score (nSPS) is 19.6. The van der Waals surface area contributed by atoms with E-state index >= 15 is 0 Å². The molecule has 0 atom stereocenters. The fourth-order valence-electron chi connectivity index (χ4n) is 2.23. The Morgan fingerprint density at radius 2 is 2.05 bits per heavy atom. The Kier molecular flexibility index (Phi) is 3.54. The van der Waals surface area contributed by atoms with Crippen molar-refractivity contribution in [3.8, 4) is 0 Å². The first kappa shape index (κ1) is 12.7. The zero-order valence-corrected chi connectivity index (χ0v) is 11.4. The number of anilines is 1. The molecular formula is C12H16N4O2S. The summed E-state index contributed by atoms with van der Waals surface area (Å²) >= 11 is 1.65. The molecule has 0 aliphatic heterocycles. The van der Waals surface area contributed by atoms with Gasteiger partial charge in [-0.05, 0) is 25.7 Å². The largest absolute Gasteiger partial charge is 0.361 e. The average Bonchev–Trinajstić information content (AvgIpc) is 3.03. The van der Waals surface area contributed by atoms with E-state index in [1.165, 1.54) is 31.9 Å². The molecule has 0 saturated heterocycles. The second kappa shape index (κ2) is 5.32. The summed E-state index contributed by atoms with van der Waals surface area (Å²) in [5, 5.41) is 15.3. The molecule has 0 unspecified atom stereocenters. The number of hydrogen-bond donors (Lipinski definition) is 1. The van der Waals surface area contributed by atoms with E-state index in [1.54, 1.807) is 11.8 Å². The average molecular weight is 280 g/mol. The molecule has 1 N–H and O–H groups in total. The van der Waals surface area contributed by atoms with Gasteiger partial charge in [-0.3, -0.25) is 10.1 Å². The summed E-state index contributed by atoms with van der Waals surface area (Å²) in [6, 6.07) is 0.345. The van der Waals surface area contributed by atoms with Crippen LogP contribution in [0.15, 0.2) is 11.4 Å². The molecule has 0 aromatic carbocycles. The number of rotatable bonds is 5. The van der Waals surface area contributed by atoms with Gasteiger partial charge in [0.15, 0.2) is 5.16 Å². The maximum atomic E-state index is 11.0. The van der Waals surface area contributed by atoms with E-state index in [-0.39, 0.29) is 5.69 Å². The summed E-state index contributed by atoms with van der Waals surface area (Å²) in [5.41, 5.74) is -0.0253. The van der Waals surface area contributed by atoms with Gasteiger partial charge in [0.1, 0.15) is 6.20 Å². The summed E-state index contributed by atoms with van der Waals surface area (Å²) < 4.78 is 0. The van der Waals surface area contributed by atoms with Gasteiger partial charge in [0.2, 0.25) is 5.82 Å². The van der Waals surface area contributed by atoms with E-state index in [2.05, 4.69) is 15.3 Å². The van der Waals surface area contributed by atoms with Gasteiger partial charge in [-0.25, -0.2) is 4.98 Å². The fourth-order valence-corrected chi connectivity index (χ4v) is 3.36. The van der Waals surface area contributed by atoms with Crippen molar-refractivity contribution in [1.29, 1.82) is 0 Å². The van der Waals surface area contributed by atoms with Gasteiger partial charge in [-0.2, -0.15) is 4.98 Å². The first-order valence-electron chi connectivity index (χ1n) is 6.67. The molecule has 2 aliphatic rings. The molecule has 2 fully saturated rings. The van der Waals surface area contributed by atoms with Crippen molar-refractivity contribution in [3.05, 3.63) is 16.3 Å². The van der Waals surface area contributed by atoms with E-state index < -0.39 is 4.92 Å². The summed E-state index contributed by atoms with van der Waals surface area (Å²) in [5.74, 6) is 0.378. The van der Waals surface area contributed by atoms with Crippen molar-refractivity contribution in [3.63, 3.8) is 0 Å². The lowest BCUT2D eigenvalue weighted by atomic mass is 10.4. The third kappa shape index (κ3) is 3.15. The molecule has 1 aromatic heterocycles. The van der Waals surface area contributed by atoms with E-state index in [9.17, 15) is 10.1 Å². The minimum Gasteiger partial charge on any atom is -0.361 e. The maximum absolute atomic E-state index is 11.0. The predicted molar refractivity (Wildman–Crippen MR) is 73.4 cm³/mol. The molecule has 7 heteroatoms. The number of nitrogens with zero attached hydrogens (tertiary/aromatic N) is 3. The Balaban J connectivity index is 1.78. The van der Waals surface area contributed by atoms with Crippen molar-refractivity contribution in [1.82, 2.24) is 9.97 Å². The van der Waals surface area contributed by atoms with E-state index in [1.807, 2.05) is 0 Å². The Bertz CT molecular complexity index is 487. The lowest BCUT2D eigenvalue weighted by Gasteiger charge is -2.09. The topological polar surface area (TPSA) is 81.0 Å². The molecule has 1 aromatic rings. The highest BCUT2D eigenvalue weighted by atomic mass is 32.2. The molecule has 3 rings (SSSR count). The SMILES string of the molecule is O=[N+]([O-])c1cnc(SC2CCCC2)nc1NC1CC1. The zero-order chi connectivity index (χ0) is 13.2. The molecule has 102 valence electrons. The van der Waals surface area contributed by atoms with Gasteiger partial charge in [0.25, 0.3) is 0 Å². The summed E-state index contributed by atoms with van der Waals surface area (Å²) in [4.78, 5) is 19.0. The van der Waals surface area contributed by atoms with Gasteiger partial charge in [0.05, 0.1) is 4.92 Å². The number of thioether (sulfide) groups is 1. The van der Waals surface area contributed by atoms with Gasteiger partial charge in [0, 0.05) is 11.3 Å². The Morgan fingerprint density at radius 3 is 2.68 bits per heavy atom. The highest BCUT2D eigenvalue weighted by molar-refractivity contribution is 7.99. The molecule has 6 nitrogen and oxygen atoms in total. The van der Waals surface area contributed by atoms with Gasteiger partial charge < -0.3 is 5.32 Å². The number of hydrogen-bond acceptors (Lipinski definition) is 6. The van der Waals surface area contributed by atoms with Crippen LogP contribution in [-0.2, 0) is 0 Å². The first-order valence-corrected chi connectivity index (χ1v) is 7.55. The lowest BCUT2D eigenvalue weighted by molar-refractivity contribution is -0.384. The highest BCUT2D eigenvalue weighted by Crippen LogP contribution is 2.35. The number of nitrogens with one attached hydrogen (secondary N) is 1. The molecule has 1 heterocycles. The van der Waals surface area contributed by atoms with Crippen LogP contribution in [-0.4, -0.2) is 26.2 Å². The van der Waals surface area contributed by atoms with Crippen LogP contribution in [0.2, 0.25) is 0 Å². The second-order valence-corrected chi connectivity index (χ2v) is 6.35. The fraction of sp³-hybridized carbons (Fsp3) is 0.667. The maximum Gasteiger partial charge on any atom is 0.329 e. The summed E-state index contributed by atoms with van der Waals surface area (Å²) in [6.45, 7) is 0. The second-order valence-electron chi connectivity index (χ2n) is 5.09. The predicted octanol–water partition coefficient (Wildman–Crippen LogP) is 2.99. The Hall–Kier alpha value is -1.37. The van der Waals surface area contributed by atoms with E-state index in [0.717, 1.165) is 12.8 Å². The third-order valence-electron chi connectivity index (χ3n) is 3.44. The van der Waals surface area contributed by atoms with Crippen LogP contribution in [0.3, 0.4) is 0 Å².